The summed E-state index contributed by atoms with van der Waals surface area (Å²) in [7, 11) is 0. The molecule has 0 heterocycles. The van der Waals surface area contributed by atoms with Gasteiger partial charge in [-0.1, -0.05) is 6.08 Å². The Bertz CT molecular complexity index is 310. The number of hydrogen-bond acceptors (Lipinski definition) is 2. The summed E-state index contributed by atoms with van der Waals surface area (Å²) >= 11 is 0. The Morgan fingerprint density at radius 2 is 1.89 bits per heavy atom. The van der Waals surface area contributed by atoms with Crippen LogP contribution in [0.15, 0.2) is 12.7 Å². The smallest absolute Gasteiger partial charge is 0.315 e. The molecule has 0 unspecified atom stereocenters. The van der Waals surface area contributed by atoms with Crippen molar-refractivity contribution >= 4 is 12.0 Å². The summed E-state index contributed by atoms with van der Waals surface area (Å²) in [5.41, 5.74) is 0. The second-order valence-corrected chi connectivity index (χ2v) is 5.07. The maximum Gasteiger partial charge on any atom is 0.315 e. The first-order chi connectivity index (χ1) is 9.13. The number of allylic oxidation sites excluding steroid dienone is 1. The Hall–Kier alpha value is -1.52. The fourth-order valence-electron chi connectivity index (χ4n) is 2.34. The fourth-order valence-corrected chi connectivity index (χ4v) is 2.34. The van der Waals surface area contributed by atoms with Crippen LogP contribution in [-0.4, -0.2) is 29.7 Å². The lowest BCUT2D eigenvalue weighted by Gasteiger charge is -2.26. The molecule has 0 atom stereocenters. The first kappa shape index (κ1) is 15.5. The number of unbranched alkanes of at least 4 members (excludes halogenated alkanes) is 2. The van der Waals surface area contributed by atoms with Crippen LogP contribution in [0.1, 0.15) is 44.9 Å². The van der Waals surface area contributed by atoms with Crippen molar-refractivity contribution in [2.75, 3.05) is 6.54 Å². The van der Waals surface area contributed by atoms with Crippen molar-refractivity contribution in [3.05, 3.63) is 12.7 Å². The van der Waals surface area contributed by atoms with Crippen LogP contribution in [0.3, 0.4) is 0 Å². The number of amides is 2. The third-order valence-electron chi connectivity index (χ3n) is 3.53. The number of carbonyl (C=O) groups excluding carboxylic acids is 1. The van der Waals surface area contributed by atoms with E-state index in [-0.39, 0.29) is 18.0 Å². The van der Waals surface area contributed by atoms with E-state index in [1.165, 1.54) is 0 Å². The monoisotopic (exact) mass is 268 g/mol. The molecule has 3 N–H and O–H groups in total. The minimum absolute atomic E-state index is 0.115. The van der Waals surface area contributed by atoms with Crippen molar-refractivity contribution in [1.82, 2.24) is 10.6 Å². The number of rotatable bonds is 7. The molecule has 0 aromatic rings. The molecule has 5 heteroatoms. The second kappa shape index (κ2) is 8.56. The van der Waals surface area contributed by atoms with Gasteiger partial charge in [-0.15, -0.1) is 6.58 Å². The van der Waals surface area contributed by atoms with Crippen molar-refractivity contribution in [3.8, 4) is 0 Å². The van der Waals surface area contributed by atoms with Gasteiger partial charge in [0.25, 0.3) is 0 Å². The summed E-state index contributed by atoms with van der Waals surface area (Å²) in [6.45, 7) is 4.32. The zero-order valence-corrected chi connectivity index (χ0v) is 11.4. The average molecular weight is 268 g/mol. The van der Waals surface area contributed by atoms with E-state index >= 15 is 0 Å². The van der Waals surface area contributed by atoms with E-state index in [9.17, 15) is 9.59 Å². The van der Waals surface area contributed by atoms with Crippen molar-refractivity contribution < 1.29 is 14.7 Å². The van der Waals surface area contributed by atoms with Gasteiger partial charge in [0.1, 0.15) is 0 Å². The highest BCUT2D eigenvalue weighted by atomic mass is 16.4. The van der Waals surface area contributed by atoms with E-state index in [1.807, 2.05) is 6.08 Å². The molecule has 5 nitrogen and oxygen atoms in total. The molecule has 0 aliphatic heterocycles. The van der Waals surface area contributed by atoms with Crippen molar-refractivity contribution in [3.63, 3.8) is 0 Å². The summed E-state index contributed by atoms with van der Waals surface area (Å²) in [5, 5.41) is 14.6. The molecule has 1 fully saturated rings. The van der Waals surface area contributed by atoms with E-state index in [0.717, 1.165) is 32.1 Å². The summed E-state index contributed by atoms with van der Waals surface area (Å²) < 4.78 is 0. The third kappa shape index (κ3) is 6.27. The van der Waals surface area contributed by atoms with Gasteiger partial charge in [0.05, 0.1) is 5.92 Å². The quantitative estimate of drug-likeness (QED) is 0.489. The van der Waals surface area contributed by atoms with Crippen LogP contribution in [-0.2, 0) is 4.79 Å². The Balaban J connectivity index is 2.09. The molecule has 108 valence electrons. The molecular weight excluding hydrogens is 244 g/mol. The molecule has 2 amide bonds. The number of aliphatic carboxylic acids is 1. The summed E-state index contributed by atoms with van der Waals surface area (Å²) in [5.74, 6) is -0.954. The highest BCUT2D eigenvalue weighted by molar-refractivity contribution is 5.74. The van der Waals surface area contributed by atoms with Gasteiger partial charge in [0.15, 0.2) is 0 Å². The fraction of sp³-hybridized carbons (Fsp3) is 0.714. The number of urea groups is 1. The normalized spacial score (nSPS) is 22.5. The molecule has 0 bridgehead atoms. The lowest BCUT2D eigenvalue weighted by Crippen LogP contribution is -2.44. The van der Waals surface area contributed by atoms with E-state index in [1.54, 1.807) is 0 Å². The highest BCUT2D eigenvalue weighted by Crippen LogP contribution is 2.24. The topological polar surface area (TPSA) is 78.4 Å². The number of carboxylic acid groups (broad SMARTS) is 1. The van der Waals surface area contributed by atoms with Gasteiger partial charge in [-0.25, -0.2) is 4.79 Å². The number of nitrogens with one attached hydrogen (secondary N) is 2. The van der Waals surface area contributed by atoms with E-state index in [4.69, 9.17) is 5.11 Å². The molecule has 0 saturated heterocycles. The van der Waals surface area contributed by atoms with Crippen LogP contribution >= 0.6 is 0 Å². The Labute approximate surface area is 114 Å². The van der Waals surface area contributed by atoms with E-state index < -0.39 is 5.97 Å². The van der Waals surface area contributed by atoms with Gasteiger partial charge in [-0.3, -0.25) is 4.79 Å². The summed E-state index contributed by atoms with van der Waals surface area (Å²) in [6.07, 6.45) is 7.64. The number of carbonyl (C=O) groups is 2. The molecule has 1 aliphatic carbocycles. The largest absolute Gasteiger partial charge is 0.481 e. The molecular formula is C14H24N2O3. The van der Waals surface area contributed by atoms with Crippen molar-refractivity contribution in [2.45, 2.75) is 51.0 Å². The van der Waals surface area contributed by atoms with E-state index in [2.05, 4.69) is 17.2 Å². The van der Waals surface area contributed by atoms with Gasteiger partial charge in [-0.2, -0.15) is 0 Å². The van der Waals surface area contributed by atoms with Crippen LogP contribution in [0.2, 0.25) is 0 Å². The first-order valence-corrected chi connectivity index (χ1v) is 7.01. The maximum absolute atomic E-state index is 11.6. The van der Waals surface area contributed by atoms with Crippen LogP contribution in [0.5, 0.6) is 0 Å². The molecule has 0 radical (unpaired) electrons. The molecule has 0 aromatic carbocycles. The zero-order valence-electron chi connectivity index (χ0n) is 11.4. The Morgan fingerprint density at radius 1 is 1.21 bits per heavy atom. The predicted octanol–water partition coefficient (Wildman–Crippen LogP) is 2.29. The lowest BCUT2D eigenvalue weighted by atomic mass is 9.86. The molecule has 1 aliphatic rings. The van der Waals surface area contributed by atoms with Gasteiger partial charge in [0.2, 0.25) is 0 Å². The molecule has 0 aromatic heterocycles. The van der Waals surface area contributed by atoms with Crippen molar-refractivity contribution in [2.24, 2.45) is 5.92 Å². The third-order valence-corrected chi connectivity index (χ3v) is 3.53. The van der Waals surface area contributed by atoms with Crippen LogP contribution < -0.4 is 10.6 Å². The number of hydrogen-bond donors (Lipinski definition) is 3. The van der Waals surface area contributed by atoms with Crippen molar-refractivity contribution in [1.29, 1.82) is 0 Å². The number of carboxylic acids is 1. The molecule has 1 saturated carbocycles. The SMILES string of the molecule is C=CCCCCNC(=O)NC1CCC(C(=O)O)CC1. The van der Waals surface area contributed by atoms with Crippen LogP contribution in [0.4, 0.5) is 4.79 Å². The Kier molecular flexibility index (Phi) is 7.00. The maximum atomic E-state index is 11.6. The summed E-state index contributed by atoms with van der Waals surface area (Å²) in [6, 6.07) is -0.0267. The minimum Gasteiger partial charge on any atom is -0.481 e. The van der Waals surface area contributed by atoms with Crippen LogP contribution in [0.25, 0.3) is 0 Å². The standard InChI is InChI=1S/C14H24N2O3/c1-2-3-4-5-10-15-14(19)16-12-8-6-11(7-9-12)13(17)18/h2,11-12H,1,3-10H2,(H,17,18)(H2,15,16,19). The predicted molar refractivity (Wildman–Crippen MR) is 74.0 cm³/mol. The van der Waals surface area contributed by atoms with Gasteiger partial charge in [-0.05, 0) is 44.9 Å². The molecule has 1 rings (SSSR count). The van der Waals surface area contributed by atoms with Crippen LogP contribution in [0, 0.1) is 5.92 Å². The lowest BCUT2D eigenvalue weighted by molar-refractivity contribution is -0.142. The van der Waals surface area contributed by atoms with Gasteiger partial charge >= 0.3 is 12.0 Å². The first-order valence-electron chi connectivity index (χ1n) is 7.01. The average Bonchev–Trinajstić information content (AvgIpc) is 2.39. The Morgan fingerprint density at radius 3 is 2.47 bits per heavy atom. The molecule has 19 heavy (non-hydrogen) atoms. The minimum atomic E-state index is -0.717. The summed E-state index contributed by atoms with van der Waals surface area (Å²) in [4.78, 5) is 22.4. The van der Waals surface area contributed by atoms with Gasteiger partial charge < -0.3 is 15.7 Å². The molecule has 0 spiro atoms. The zero-order chi connectivity index (χ0) is 14.1. The second-order valence-electron chi connectivity index (χ2n) is 5.07. The van der Waals surface area contributed by atoms with Gasteiger partial charge in [0, 0.05) is 12.6 Å². The van der Waals surface area contributed by atoms with E-state index in [0.29, 0.717) is 19.4 Å². The highest BCUT2D eigenvalue weighted by Gasteiger charge is 2.26.